The van der Waals surface area contributed by atoms with Crippen LogP contribution in [0.4, 0.5) is 0 Å². The standard InChI is InChI=1S/C26H34ClN3O/c1-2-3-4-5-6-7-8-9-14-19-30-24-18-13-12-17-23(24)29-25(30)20-28-26(31)21-15-10-11-16-22(21)27/h10-13,15-18H,2-9,14,19-20H2,1H3,(H,28,31). The molecule has 3 rings (SSSR count). The Hall–Kier alpha value is -2.33. The van der Waals surface area contributed by atoms with E-state index in [1.54, 1.807) is 12.1 Å². The van der Waals surface area contributed by atoms with Crippen LogP contribution in [0.5, 0.6) is 0 Å². The van der Waals surface area contributed by atoms with Crippen LogP contribution in [0.1, 0.15) is 80.9 Å². The molecule has 4 nitrogen and oxygen atoms in total. The second-order valence-electron chi connectivity index (χ2n) is 8.16. The average molecular weight is 440 g/mol. The first kappa shape index (κ1) is 23.3. The van der Waals surface area contributed by atoms with Gasteiger partial charge in [-0.1, -0.05) is 94.2 Å². The number of halogens is 1. The third-order valence-corrected chi connectivity index (χ3v) is 6.07. The van der Waals surface area contributed by atoms with Crippen molar-refractivity contribution in [3.05, 3.63) is 64.9 Å². The molecule has 0 aliphatic heterocycles. The first-order chi connectivity index (χ1) is 15.2. The van der Waals surface area contributed by atoms with Crippen molar-refractivity contribution in [1.82, 2.24) is 14.9 Å². The Morgan fingerprint density at radius 1 is 0.903 bits per heavy atom. The summed E-state index contributed by atoms with van der Waals surface area (Å²) in [4.78, 5) is 17.3. The van der Waals surface area contributed by atoms with Crippen molar-refractivity contribution in [1.29, 1.82) is 0 Å². The summed E-state index contributed by atoms with van der Waals surface area (Å²) >= 11 is 6.16. The number of imidazole rings is 1. The lowest BCUT2D eigenvalue weighted by atomic mass is 10.1. The monoisotopic (exact) mass is 439 g/mol. The molecule has 0 spiro atoms. The first-order valence-electron chi connectivity index (χ1n) is 11.7. The van der Waals surface area contributed by atoms with Crippen molar-refractivity contribution in [2.45, 2.75) is 77.8 Å². The molecule has 0 unspecified atom stereocenters. The minimum atomic E-state index is -0.174. The molecule has 0 radical (unpaired) electrons. The third-order valence-electron chi connectivity index (χ3n) is 5.74. The highest BCUT2D eigenvalue weighted by atomic mass is 35.5. The predicted octanol–water partition coefficient (Wildman–Crippen LogP) is 7.15. The number of para-hydroxylation sites is 2. The van der Waals surface area contributed by atoms with Gasteiger partial charge >= 0.3 is 0 Å². The quantitative estimate of drug-likeness (QED) is 0.287. The number of nitrogens with zero attached hydrogens (tertiary/aromatic N) is 2. The molecule has 31 heavy (non-hydrogen) atoms. The molecule has 0 atom stereocenters. The number of aromatic nitrogens is 2. The number of amides is 1. The Morgan fingerprint density at radius 3 is 2.29 bits per heavy atom. The number of fused-ring (bicyclic) bond motifs is 1. The number of hydrogen-bond donors (Lipinski definition) is 1. The number of hydrogen-bond acceptors (Lipinski definition) is 2. The fraction of sp³-hybridized carbons (Fsp3) is 0.462. The lowest BCUT2D eigenvalue weighted by molar-refractivity contribution is 0.0949. The molecule has 0 saturated carbocycles. The maximum absolute atomic E-state index is 12.6. The van der Waals surface area contributed by atoms with Gasteiger partial charge in [0.25, 0.3) is 5.91 Å². The Kier molecular flexibility index (Phi) is 9.41. The molecule has 1 N–H and O–H groups in total. The summed E-state index contributed by atoms with van der Waals surface area (Å²) in [5.41, 5.74) is 2.59. The Bertz CT molecular complexity index is 966. The summed E-state index contributed by atoms with van der Waals surface area (Å²) in [6, 6.07) is 15.3. The molecule has 1 aromatic heterocycles. The van der Waals surface area contributed by atoms with Gasteiger partial charge in [-0.2, -0.15) is 0 Å². The smallest absolute Gasteiger partial charge is 0.253 e. The number of benzene rings is 2. The maximum atomic E-state index is 12.6. The van der Waals surface area contributed by atoms with Crippen molar-refractivity contribution in [2.75, 3.05) is 0 Å². The van der Waals surface area contributed by atoms with Gasteiger partial charge in [-0.15, -0.1) is 0 Å². The van der Waals surface area contributed by atoms with Crippen LogP contribution in [-0.4, -0.2) is 15.5 Å². The summed E-state index contributed by atoms with van der Waals surface area (Å²) in [5.74, 6) is 0.716. The molecule has 5 heteroatoms. The molecule has 0 aliphatic carbocycles. The topological polar surface area (TPSA) is 46.9 Å². The Morgan fingerprint density at radius 2 is 1.55 bits per heavy atom. The van der Waals surface area contributed by atoms with Gasteiger partial charge in [0.15, 0.2) is 0 Å². The van der Waals surface area contributed by atoms with Crippen molar-refractivity contribution in [3.63, 3.8) is 0 Å². The highest BCUT2D eigenvalue weighted by molar-refractivity contribution is 6.33. The molecule has 1 heterocycles. The minimum absolute atomic E-state index is 0.174. The summed E-state index contributed by atoms with van der Waals surface area (Å²) in [5, 5.41) is 3.45. The fourth-order valence-corrected chi connectivity index (χ4v) is 4.21. The van der Waals surface area contributed by atoms with E-state index in [0.717, 1.165) is 29.8 Å². The van der Waals surface area contributed by atoms with E-state index < -0.39 is 0 Å². The van der Waals surface area contributed by atoms with Gasteiger partial charge in [-0.3, -0.25) is 4.79 Å². The minimum Gasteiger partial charge on any atom is -0.345 e. The van der Waals surface area contributed by atoms with E-state index >= 15 is 0 Å². The van der Waals surface area contributed by atoms with Gasteiger partial charge in [0, 0.05) is 6.54 Å². The zero-order valence-electron chi connectivity index (χ0n) is 18.6. The lowest BCUT2D eigenvalue weighted by Crippen LogP contribution is -2.25. The largest absolute Gasteiger partial charge is 0.345 e. The third kappa shape index (κ3) is 6.83. The van der Waals surface area contributed by atoms with Crippen molar-refractivity contribution >= 4 is 28.5 Å². The van der Waals surface area contributed by atoms with E-state index in [4.69, 9.17) is 16.6 Å². The lowest BCUT2D eigenvalue weighted by Gasteiger charge is -2.11. The van der Waals surface area contributed by atoms with Gasteiger partial charge in [0.05, 0.1) is 28.2 Å². The fourth-order valence-electron chi connectivity index (χ4n) is 3.99. The van der Waals surface area contributed by atoms with Crippen LogP contribution in [0.2, 0.25) is 5.02 Å². The summed E-state index contributed by atoms with van der Waals surface area (Å²) in [6.07, 6.45) is 11.7. The second-order valence-corrected chi connectivity index (χ2v) is 8.57. The Labute approximate surface area is 191 Å². The number of aryl methyl sites for hydroxylation is 1. The number of rotatable bonds is 13. The molecular weight excluding hydrogens is 406 g/mol. The zero-order chi connectivity index (χ0) is 21.9. The summed E-state index contributed by atoms with van der Waals surface area (Å²) < 4.78 is 2.25. The maximum Gasteiger partial charge on any atom is 0.253 e. The van der Waals surface area contributed by atoms with Crippen molar-refractivity contribution in [2.24, 2.45) is 0 Å². The van der Waals surface area contributed by atoms with E-state index in [9.17, 15) is 4.79 Å². The zero-order valence-corrected chi connectivity index (χ0v) is 19.3. The highest BCUT2D eigenvalue weighted by Gasteiger charge is 2.13. The van der Waals surface area contributed by atoms with Gasteiger partial charge in [-0.05, 0) is 30.7 Å². The molecule has 0 saturated heterocycles. The molecular formula is C26H34ClN3O. The molecule has 2 aromatic carbocycles. The second kappa shape index (κ2) is 12.5. The number of carbonyl (C=O) groups is 1. The Balaban J connectivity index is 1.55. The highest BCUT2D eigenvalue weighted by Crippen LogP contribution is 2.19. The van der Waals surface area contributed by atoms with Gasteiger partial charge in [0.2, 0.25) is 0 Å². The van der Waals surface area contributed by atoms with Gasteiger partial charge in [0.1, 0.15) is 5.82 Å². The molecule has 1 amide bonds. The first-order valence-corrected chi connectivity index (χ1v) is 12.1. The summed E-state index contributed by atoms with van der Waals surface area (Å²) in [6.45, 7) is 3.57. The van der Waals surface area contributed by atoms with Crippen molar-refractivity contribution < 1.29 is 4.79 Å². The number of nitrogens with one attached hydrogen (secondary N) is 1. The molecule has 0 fully saturated rings. The van der Waals surface area contributed by atoms with Gasteiger partial charge in [-0.25, -0.2) is 4.98 Å². The molecule has 0 bridgehead atoms. The number of unbranched alkanes of at least 4 members (excludes halogenated alkanes) is 8. The molecule has 166 valence electrons. The van der Waals surface area contributed by atoms with Crippen LogP contribution in [0.3, 0.4) is 0 Å². The van der Waals surface area contributed by atoms with Crippen LogP contribution >= 0.6 is 11.6 Å². The number of carbonyl (C=O) groups excluding carboxylic acids is 1. The van der Waals surface area contributed by atoms with E-state index in [0.29, 0.717) is 17.1 Å². The van der Waals surface area contributed by atoms with E-state index in [2.05, 4.69) is 22.9 Å². The van der Waals surface area contributed by atoms with Crippen LogP contribution in [0.15, 0.2) is 48.5 Å². The van der Waals surface area contributed by atoms with E-state index in [1.165, 1.54) is 51.4 Å². The van der Waals surface area contributed by atoms with Crippen LogP contribution < -0.4 is 5.32 Å². The van der Waals surface area contributed by atoms with Gasteiger partial charge < -0.3 is 9.88 Å². The van der Waals surface area contributed by atoms with Crippen LogP contribution in [-0.2, 0) is 13.1 Å². The van der Waals surface area contributed by atoms with E-state index in [-0.39, 0.29) is 5.91 Å². The SMILES string of the molecule is CCCCCCCCCCCn1c(CNC(=O)c2ccccc2Cl)nc2ccccc21. The summed E-state index contributed by atoms with van der Waals surface area (Å²) in [7, 11) is 0. The van der Waals surface area contributed by atoms with Crippen LogP contribution in [0, 0.1) is 0 Å². The predicted molar refractivity (Wildman–Crippen MR) is 130 cm³/mol. The van der Waals surface area contributed by atoms with E-state index in [1.807, 2.05) is 30.3 Å². The normalized spacial score (nSPS) is 11.2. The van der Waals surface area contributed by atoms with Crippen LogP contribution in [0.25, 0.3) is 11.0 Å². The molecule has 3 aromatic rings. The van der Waals surface area contributed by atoms with Crippen molar-refractivity contribution in [3.8, 4) is 0 Å². The molecule has 0 aliphatic rings. The average Bonchev–Trinajstić information content (AvgIpc) is 3.14.